The predicted molar refractivity (Wildman–Crippen MR) is 82.0 cm³/mol. The summed E-state index contributed by atoms with van der Waals surface area (Å²) >= 11 is 7.03. The van der Waals surface area contributed by atoms with Crippen LogP contribution in [-0.2, 0) is 11.3 Å². The van der Waals surface area contributed by atoms with Crippen molar-refractivity contribution in [1.29, 1.82) is 0 Å². The zero-order chi connectivity index (χ0) is 15.2. The molecule has 1 heterocycles. The lowest BCUT2D eigenvalue weighted by Crippen LogP contribution is -2.25. The zero-order valence-corrected chi connectivity index (χ0v) is 12.5. The van der Waals surface area contributed by atoms with E-state index >= 15 is 0 Å². The zero-order valence-electron chi connectivity index (χ0n) is 10.9. The molecule has 0 saturated carbocycles. The molecule has 1 amide bonds. The number of halogens is 1. The minimum atomic E-state index is -0.148. The predicted octanol–water partition coefficient (Wildman–Crippen LogP) is 0.339. The van der Waals surface area contributed by atoms with E-state index in [1.807, 2.05) is 12.1 Å². The molecule has 0 radical (unpaired) electrons. The molecule has 0 aliphatic rings. The number of carbonyl (C=O) groups is 1. The summed E-state index contributed by atoms with van der Waals surface area (Å²) in [5, 5.41) is 11.3. The normalized spacial score (nSPS) is 10.4. The number of hydrogen-bond acceptors (Lipinski definition) is 7. The summed E-state index contributed by atoms with van der Waals surface area (Å²) in [6.07, 6.45) is 0. The van der Waals surface area contributed by atoms with Crippen molar-refractivity contribution < 1.29 is 4.79 Å². The molecule has 0 saturated heterocycles. The molecule has 1 aromatic heterocycles. The van der Waals surface area contributed by atoms with Crippen LogP contribution in [0.15, 0.2) is 29.4 Å². The number of nitrogens with zero attached hydrogens (tertiary/aromatic N) is 3. The van der Waals surface area contributed by atoms with E-state index in [2.05, 4.69) is 20.9 Å². The fraction of sp³-hybridized carbons (Fsp3) is 0.182. The van der Waals surface area contributed by atoms with Crippen LogP contribution >= 0.6 is 23.4 Å². The lowest BCUT2D eigenvalue weighted by Gasteiger charge is -2.05. The van der Waals surface area contributed by atoms with Gasteiger partial charge in [0.15, 0.2) is 0 Å². The van der Waals surface area contributed by atoms with Gasteiger partial charge in [-0.1, -0.05) is 35.5 Å². The van der Waals surface area contributed by atoms with Crippen molar-refractivity contribution in [3.05, 3.63) is 34.9 Å². The molecule has 10 heteroatoms. The minimum absolute atomic E-state index is 0.148. The van der Waals surface area contributed by atoms with Gasteiger partial charge >= 0.3 is 0 Å². The number of carbonyl (C=O) groups excluding carboxylic acids is 1. The Labute approximate surface area is 130 Å². The highest BCUT2D eigenvalue weighted by Gasteiger charge is 2.11. The number of nitrogen functional groups attached to an aromatic ring is 2. The highest BCUT2D eigenvalue weighted by molar-refractivity contribution is 7.99. The highest BCUT2D eigenvalue weighted by Crippen LogP contribution is 2.15. The van der Waals surface area contributed by atoms with Crippen LogP contribution in [0.1, 0.15) is 5.56 Å². The van der Waals surface area contributed by atoms with Crippen LogP contribution in [-0.4, -0.2) is 26.5 Å². The van der Waals surface area contributed by atoms with E-state index < -0.39 is 0 Å². The van der Waals surface area contributed by atoms with Gasteiger partial charge in [0.05, 0.1) is 5.75 Å². The Morgan fingerprint density at radius 1 is 1.43 bits per heavy atom. The van der Waals surface area contributed by atoms with Gasteiger partial charge in [0.25, 0.3) is 5.95 Å². The molecule has 0 aliphatic carbocycles. The quantitative estimate of drug-likeness (QED) is 0.342. The Morgan fingerprint density at radius 2 is 2.24 bits per heavy atom. The standard InChI is InChI=1S/C11H14ClN7OS/c12-8-3-1-2-7(4-8)5-15-9(20)6-21-11-18-17-10(16-13)19(11)14/h1-4H,5-6,13-14H2,(H,15,20)(H,16,17). The fourth-order valence-corrected chi connectivity index (χ4v) is 2.40. The van der Waals surface area contributed by atoms with Crippen molar-refractivity contribution in [1.82, 2.24) is 20.2 Å². The third-order valence-corrected chi connectivity index (χ3v) is 3.68. The number of anilines is 1. The first-order chi connectivity index (χ1) is 10.1. The first kappa shape index (κ1) is 15.4. The smallest absolute Gasteiger partial charge is 0.258 e. The van der Waals surface area contributed by atoms with E-state index in [-0.39, 0.29) is 17.6 Å². The van der Waals surface area contributed by atoms with Crippen LogP contribution in [0.4, 0.5) is 5.95 Å². The van der Waals surface area contributed by atoms with Crippen molar-refractivity contribution in [3.8, 4) is 0 Å². The van der Waals surface area contributed by atoms with E-state index in [0.717, 1.165) is 17.3 Å². The summed E-state index contributed by atoms with van der Waals surface area (Å²) < 4.78 is 1.18. The van der Waals surface area contributed by atoms with Gasteiger partial charge in [-0.15, -0.1) is 10.2 Å². The number of hydrogen-bond donors (Lipinski definition) is 4. The number of nitrogens with two attached hydrogens (primary N) is 2. The molecule has 2 rings (SSSR count). The summed E-state index contributed by atoms with van der Waals surface area (Å²) in [6, 6.07) is 7.29. The van der Waals surface area contributed by atoms with E-state index in [1.54, 1.807) is 12.1 Å². The van der Waals surface area contributed by atoms with Crippen LogP contribution in [0.25, 0.3) is 0 Å². The van der Waals surface area contributed by atoms with Crippen molar-refractivity contribution >= 4 is 35.2 Å². The molecule has 0 unspecified atom stereocenters. The number of nitrogens with one attached hydrogen (secondary N) is 2. The van der Waals surface area contributed by atoms with E-state index in [0.29, 0.717) is 16.7 Å². The van der Waals surface area contributed by atoms with Crippen LogP contribution in [0.5, 0.6) is 0 Å². The SMILES string of the molecule is NNc1nnc(SCC(=O)NCc2cccc(Cl)c2)n1N. The Balaban J connectivity index is 1.81. The molecule has 0 fully saturated rings. The average Bonchev–Trinajstić information content (AvgIpc) is 2.83. The molecule has 0 atom stereocenters. The maximum atomic E-state index is 11.8. The summed E-state index contributed by atoms with van der Waals surface area (Å²) in [5.41, 5.74) is 3.22. The maximum absolute atomic E-state index is 11.8. The Kier molecular flexibility index (Phi) is 5.26. The lowest BCUT2D eigenvalue weighted by atomic mass is 10.2. The molecular weight excluding hydrogens is 314 g/mol. The van der Waals surface area contributed by atoms with Crippen molar-refractivity contribution in [2.45, 2.75) is 11.7 Å². The van der Waals surface area contributed by atoms with Crippen molar-refractivity contribution in [2.24, 2.45) is 5.84 Å². The van der Waals surface area contributed by atoms with Gasteiger partial charge in [-0.25, -0.2) is 10.5 Å². The fourth-order valence-electron chi connectivity index (χ4n) is 1.50. The van der Waals surface area contributed by atoms with E-state index in [9.17, 15) is 4.79 Å². The summed E-state index contributed by atoms with van der Waals surface area (Å²) in [5.74, 6) is 11.1. The third kappa shape index (κ3) is 4.25. The third-order valence-electron chi connectivity index (χ3n) is 2.50. The molecule has 6 N–H and O–H groups in total. The summed E-state index contributed by atoms with van der Waals surface area (Å²) in [4.78, 5) is 11.8. The number of thioether (sulfide) groups is 1. The number of aromatic nitrogens is 3. The average molecular weight is 328 g/mol. The number of benzene rings is 1. The Morgan fingerprint density at radius 3 is 2.90 bits per heavy atom. The topological polar surface area (TPSA) is 124 Å². The highest BCUT2D eigenvalue weighted by atomic mass is 35.5. The maximum Gasteiger partial charge on any atom is 0.258 e. The molecule has 0 bridgehead atoms. The summed E-state index contributed by atoms with van der Waals surface area (Å²) in [6.45, 7) is 0.408. The molecule has 112 valence electrons. The molecule has 0 aliphatic heterocycles. The minimum Gasteiger partial charge on any atom is -0.351 e. The van der Waals surface area contributed by atoms with Crippen molar-refractivity contribution in [3.63, 3.8) is 0 Å². The molecule has 21 heavy (non-hydrogen) atoms. The van der Waals surface area contributed by atoms with Crippen LogP contribution in [0.3, 0.4) is 0 Å². The Bertz CT molecular complexity index is 633. The number of hydrazine groups is 1. The van der Waals surface area contributed by atoms with Crippen LogP contribution < -0.4 is 22.4 Å². The van der Waals surface area contributed by atoms with Gasteiger partial charge in [-0.05, 0) is 17.7 Å². The Hall–Kier alpha value is -1.97. The van der Waals surface area contributed by atoms with E-state index in [4.69, 9.17) is 23.3 Å². The van der Waals surface area contributed by atoms with E-state index in [1.165, 1.54) is 4.68 Å². The van der Waals surface area contributed by atoms with Gasteiger partial charge < -0.3 is 11.2 Å². The summed E-state index contributed by atoms with van der Waals surface area (Å²) in [7, 11) is 0. The van der Waals surface area contributed by atoms with Crippen molar-refractivity contribution in [2.75, 3.05) is 17.0 Å². The molecule has 1 aromatic carbocycles. The van der Waals surface area contributed by atoms with Gasteiger partial charge in [-0.2, -0.15) is 0 Å². The van der Waals surface area contributed by atoms with Gasteiger partial charge in [-0.3, -0.25) is 10.2 Å². The molecule has 2 aromatic rings. The van der Waals surface area contributed by atoms with Gasteiger partial charge in [0.1, 0.15) is 0 Å². The second-order valence-corrected chi connectivity index (χ2v) is 5.39. The monoisotopic (exact) mass is 327 g/mol. The second-order valence-electron chi connectivity index (χ2n) is 4.02. The second kappa shape index (κ2) is 7.16. The van der Waals surface area contributed by atoms with Gasteiger partial charge in [0, 0.05) is 11.6 Å². The van der Waals surface area contributed by atoms with Crippen LogP contribution in [0, 0.1) is 0 Å². The first-order valence-corrected chi connectivity index (χ1v) is 7.27. The van der Waals surface area contributed by atoms with Gasteiger partial charge in [0.2, 0.25) is 11.1 Å². The molecule has 0 spiro atoms. The van der Waals surface area contributed by atoms with Crippen LogP contribution in [0.2, 0.25) is 5.02 Å². The number of amides is 1. The molecular formula is C11H14ClN7OS. The lowest BCUT2D eigenvalue weighted by molar-refractivity contribution is -0.118. The first-order valence-electron chi connectivity index (χ1n) is 5.91. The number of rotatable bonds is 6. The molecule has 8 nitrogen and oxygen atoms in total. The largest absolute Gasteiger partial charge is 0.351 e.